The molecule has 0 unspecified atom stereocenters. The van der Waals surface area contributed by atoms with Crippen LogP contribution in [0.4, 0.5) is 19.1 Å². The van der Waals surface area contributed by atoms with Gasteiger partial charge in [-0.1, -0.05) is 12.1 Å². The van der Waals surface area contributed by atoms with E-state index in [2.05, 4.69) is 9.98 Å². The second-order valence-corrected chi connectivity index (χ2v) is 3.86. The maximum absolute atomic E-state index is 12.5. The molecule has 1 aliphatic rings. The summed E-state index contributed by atoms with van der Waals surface area (Å²) in [4.78, 5) is 19.1. The van der Waals surface area contributed by atoms with Crippen LogP contribution < -0.4 is 0 Å². The second kappa shape index (κ2) is 3.41. The number of aliphatic imine (C=N–C) groups is 1. The molecule has 0 amide bonds. The molecule has 18 heavy (non-hydrogen) atoms. The zero-order valence-corrected chi connectivity index (χ0v) is 8.90. The molecule has 1 aromatic carbocycles. The summed E-state index contributed by atoms with van der Waals surface area (Å²) in [5.74, 6) is -0.874. The van der Waals surface area contributed by atoms with Crippen LogP contribution in [0.1, 0.15) is 11.2 Å². The molecule has 0 aliphatic carbocycles. The summed E-state index contributed by atoms with van der Waals surface area (Å²) in [5, 5.41) is 0. The van der Waals surface area contributed by atoms with E-state index in [1.165, 1.54) is 0 Å². The van der Waals surface area contributed by atoms with Gasteiger partial charge in [-0.2, -0.15) is 13.2 Å². The van der Waals surface area contributed by atoms with Crippen LogP contribution in [-0.2, 0) is 0 Å². The van der Waals surface area contributed by atoms with Crippen molar-refractivity contribution in [2.24, 2.45) is 4.99 Å². The third-order valence-electron chi connectivity index (χ3n) is 2.67. The van der Waals surface area contributed by atoms with Gasteiger partial charge in [-0.15, -0.1) is 0 Å². The lowest BCUT2D eigenvalue weighted by Crippen LogP contribution is -2.30. The van der Waals surface area contributed by atoms with Crippen LogP contribution in [0.5, 0.6) is 0 Å². The quantitative estimate of drug-likeness (QED) is 0.724. The Bertz CT molecular complexity index is 684. The molecule has 0 radical (unpaired) electrons. The van der Waals surface area contributed by atoms with E-state index >= 15 is 0 Å². The summed E-state index contributed by atoms with van der Waals surface area (Å²) in [7, 11) is 0. The van der Waals surface area contributed by atoms with Gasteiger partial charge in [-0.25, -0.2) is 14.5 Å². The Labute approximate surface area is 98.8 Å². The highest BCUT2D eigenvalue weighted by Crippen LogP contribution is 2.30. The van der Waals surface area contributed by atoms with Crippen LogP contribution in [0.25, 0.3) is 11.0 Å². The lowest BCUT2D eigenvalue weighted by Gasteiger charge is -2.15. The molecule has 0 bridgehead atoms. The van der Waals surface area contributed by atoms with Gasteiger partial charge < -0.3 is 0 Å². The van der Waals surface area contributed by atoms with E-state index in [1.54, 1.807) is 24.3 Å². The molecule has 0 fully saturated rings. The van der Waals surface area contributed by atoms with Crippen molar-refractivity contribution in [3.8, 4) is 0 Å². The van der Waals surface area contributed by atoms with E-state index in [0.29, 0.717) is 11.0 Å². The number of hydrogen-bond donors (Lipinski definition) is 0. The van der Waals surface area contributed by atoms with Gasteiger partial charge in [-0.3, -0.25) is 4.79 Å². The molecule has 1 aromatic heterocycles. The lowest BCUT2D eigenvalue weighted by atomic mass is 10.2. The van der Waals surface area contributed by atoms with Crippen molar-refractivity contribution in [3.05, 3.63) is 24.3 Å². The summed E-state index contributed by atoms with van der Waals surface area (Å²) < 4.78 is 38.7. The number of halogens is 3. The van der Waals surface area contributed by atoms with Crippen LogP contribution in [-0.4, -0.2) is 27.3 Å². The van der Waals surface area contributed by atoms with Gasteiger partial charge in [0.1, 0.15) is 5.71 Å². The zero-order chi connectivity index (χ0) is 12.9. The van der Waals surface area contributed by atoms with E-state index in [0.717, 1.165) is 4.57 Å². The third-order valence-corrected chi connectivity index (χ3v) is 2.67. The minimum Gasteiger partial charge on any atom is -0.274 e. The molecule has 92 valence electrons. The highest BCUT2D eigenvalue weighted by Gasteiger charge is 2.40. The molecular formula is C11H6F3N3O. The first-order valence-electron chi connectivity index (χ1n) is 5.12. The molecule has 7 heteroatoms. The van der Waals surface area contributed by atoms with E-state index in [9.17, 15) is 18.0 Å². The van der Waals surface area contributed by atoms with E-state index < -0.39 is 24.2 Å². The molecule has 2 heterocycles. The van der Waals surface area contributed by atoms with Crippen molar-refractivity contribution in [2.45, 2.75) is 12.6 Å². The first kappa shape index (κ1) is 10.9. The zero-order valence-electron chi connectivity index (χ0n) is 8.90. The Morgan fingerprint density at radius 3 is 2.67 bits per heavy atom. The molecule has 0 N–H and O–H groups in total. The molecular weight excluding hydrogens is 247 g/mol. The SMILES string of the molecule is O=C1CC(C(F)(F)F)=Nc2nc3ccccc3n21. The molecule has 0 saturated heterocycles. The Kier molecular flexibility index (Phi) is 2.07. The first-order valence-corrected chi connectivity index (χ1v) is 5.12. The van der Waals surface area contributed by atoms with Crippen LogP contribution >= 0.6 is 0 Å². The van der Waals surface area contributed by atoms with Gasteiger partial charge in [-0.05, 0) is 12.1 Å². The number of carbonyl (C=O) groups excluding carboxylic acids is 1. The van der Waals surface area contributed by atoms with E-state index in [1.807, 2.05) is 0 Å². The van der Waals surface area contributed by atoms with Gasteiger partial charge >= 0.3 is 6.18 Å². The number of para-hydroxylation sites is 2. The summed E-state index contributed by atoms with van der Waals surface area (Å²) in [6.45, 7) is 0. The minimum atomic E-state index is -4.60. The fraction of sp³-hybridized carbons (Fsp3) is 0.182. The number of fused-ring (bicyclic) bond motifs is 3. The Balaban J connectivity index is 2.27. The highest BCUT2D eigenvalue weighted by atomic mass is 19.4. The normalized spacial score (nSPS) is 15.7. The number of hydrogen-bond acceptors (Lipinski definition) is 3. The van der Waals surface area contributed by atoms with Crippen LogP contribution in [0.15, 0.2) is 29.3 Å². The minimum absolute atomic E-state index is 0.209. The Hall–Kier alpha value is -2.18. The monoisotopic (exact) mass is 253 g/mol. The number of nitrogens with zero attached hydrogens (tertiary/aromatic N) is 3. The van der Waals surface area contributed by atoms with Gasteiger partial charge in [0.15, 0.2) is 0 Å². The van der Waals surface area contributed by atoms with Gasteiger partial charge in [0, 0.05) is 0 Å². The Morgan fingerprint density at radius 1 is 1.22 bits per heavy atom. The van der Waals surface area contributed by atoms with Crippen molar-refractivity contribution in [2.75, 3.05) is 0 Å². The molecule has 0 spiro atoms. The highest BCUT2D eigenvalue weighted by molar-refractivity contribution is 6.11. The van der Waals surface area contributed by atoms with Crippen molar-refractivity contribution in [3.63, 3.8) is 0 Å². The largest absolute Gasteiger partial charge is 0.430 e. The maximum atomic E-state index is 12.5. The number of benzene rings is 1. The average molecular weight is 253 g/mol. The smallest absolute Gasteiger partial charge is 0.274 e. The molecule has 3 rings (SSSR count). The maximum Gasteiger partial charge on any atom is 0.430 e. The van der Waals surface area contributed by atoms with Crippen LogP contribution in [0, 0.1) is 0 Å². The Morgan fingerprint density at radius 2 is 1.94 bits per heavy atom. The van der Waals surface area contributed by atoms with Crippen molar-refractivity contribution in [1.82, 2.24) is 9.55 Å². The fourth-order valence-electron chi connectivity index (χ4n) is 1.88. The number of carbonyl (C=O) groups is 1. The predicted molar refractivity (Wildman–Crippen MR) is 58.1 cm³/mol. The summed E-state index contributed by atoms with van der Waals surface area (Å²) >= 11 is 0. The predicted octanol–water partition coefficient (Wildman–Crippen LogP) is 2.72. The number of rotatable bonds is 0. The fourth-order valence-corrected chi connectivity index (χ4v) is 1.88. The molecule has 0 saturated carbocycles. The third kappa shape index (κ3) is 1.51. The molecule has 4 nitrogen and oxygen atoms in total. The molecule has 0 atom stereocenters. The van der Waals surface area contributed by atoms with Gasteiger partial charge in [0.2, 0.25) is 11.9 Å². The number of alkyl halides is 3. The van der Waals surface area contributed by atoms with Crippen LogP contribution in [0.3, 0.4) is 0 Å². The number of aromatic nitrogens is 2. The topological polar surface area (TPSA) is 47.2 Å². The second-order valence-electron chi connectivity index (χ2n) is 3.86. The standard InChI is InChI=1S/C11H6F3N3O/c12-11(13,14)8-5-9(18)17-7-4-2-1-3-6(7)15-10(17)16-8/h1-4H,5H2. The van der Waals surface area contributed by atoms with Crippen molar-refractivity contribution < 1.29 is 18.0 Å². The van der Waals surface area contributed by atoms with Crippen molar-refractivity contribution >= 4 is 28.6 Å². The van der Waals surface area contributed by atoms with Gasteiger partial charge in [0.05, 0.1) is 17.5 Å². The molecule has 1 aliphatic heterocycles. The first-order chi connectivity index (χ1) is 8.47. The van der Waals surface area contributed by atoms with Gasteiger partial charge in [0.25, 0.3) is 0 Å². The summed E-state index contributed by atoms with van der Waals surface area (Å²) in [6, 6.07) is 6.63. The van der Waals surface area contributed by atoms with Crippen molar-refractivity contribution in [1.29, 1.82) is 0 Å². The van der Waals surface area contributed by atoms with E-state index in [-0.39, 0.29) is 5.95 Å². The lowest BCUT2D eigenvalue weighted by molar-refractivity contribution is -0.0604. The molecule has 2 aromatic rings. The summed E-state index contributed by atoms with van der Waals surface area (Å²) in [6.07, 6.45) is -5.35. The van der Waals surface area contributed by atoms with Crippen LogP contribution in [0.2, 0.25) is 0 Å². The number of imidazole rings is 1. The summed E-state index contributed by atoms with van der Waals surface area (Å²) in [5.41, 5.74) is -0.175. The average Bonchev–Trinajstić information content (AvgIpc) is 2.66. The van der Waals surface area contributed by atoms with E-state index in [4.69, 9.17) is 0 Å².